The van der Waals surface area contributed by atoms with Crippen molar-refractivity contribution in [2.45, 2.75) is 0 Å². The topological polar surface area (TPSA) is 61.4 Å². The minimum Gasteiger partial charge on any atom is -0.292 e. The van der Waals surface area contributed by atoms with Gasteiger partial charge < -0.3 is 0 Å². The van der Waals surface area contributed by atoms with Crippen LogP contribution in [0.15, 0.2) is 218 Å². The van der Waals surface area contributed by atoms with Crippen LogP contribution in [0.4, 0.5) is 0 Å². The number of nitrogens with zero attached hydrogens (tertiary/aromatic N) is 6. The summed E-state index contributed by atoms with van der Waals surface area (Å²) in [5.41, 5.74) is 12.8. The number of hydrogen-bond acceptors (Lipinski definition) is 5. The number of thiophene rings is 1. The highest BCUT2D eigenvalue weighted by atomic mass is 32.1. The van der Waals surface area contributed by atoms with E-state index in [4.69, 9.17) is 19.9 Å². The van der Waals surface area contributed by atoms with E-state index < -0.39 is 0 Å². The molecule has 0 fully saturated rings. The van der Waals surface area contributed by atoms with Crippen molar-refractivity contribution in [2.24, 2.45) is 0 Å². The van der Waals surface area contributed by atoms with Crippen molar-refractivity contribution in [1.29, 1.82) is 0 Å². The first-order chi connectivity index (χ1) is 32.2. The molecule has 0 saturated heterocycles. The molecule has 0 unspecified atom stereocenters. The average Bonchev–Trinajstić information content (AvgIpc) is 4.07. The Kier molecular flexibility index (Phi) is 8.60. The maximum absolute atomic E-state index is 5.38. The first-order valence-corrected chi connectivity index (χ1v) is 22.5. The highest BCUT2D eigenvalue weighted by Crippen LogP contribution is 2.43. The first kappa shape index (κ1) is 37.1. The van der Waals surface area contributed by atoms with Crippen LogP contribution in [0.25, 0.3) is 121 Å². The molecule has 65 heavy (non-hydrogen) atoms. The van der Waals surface area contributed by atoms with Crippen LogP contribution in [-0.2, 0) is 0 Å². The molecule has 0 radical (unpaired) electrons. The number of rotatable bonds is 7. The van der Waals surface area contributed by atoms with Gasteiger partial charge in [0.2, 0.25) is 5.95 Å². The van der Waals surface area contributed by atoms with Crippen LogP contribution in [0.1, 0.15) is 0 Å². The molecule has 0 aliphatic rings. The number of benzene rings is 9. The third-order valence-corrected chi connectivity index (χ3v) is 13.6. The fraction of sp³-hybridized carbons (Fsp3) is 0. The van der Waals surface area contributed by atoms with Gasteiger partial charge in [0.25, 0.3) is 0 Å². The highest BCUT2D eigenvalue weighted by molar-refractivity contribution is 7.26. The summed E-state index contributed by atoms with van der Waals surface area (Å²) in [6.45, 7) is 0. The Hall–Kier alpha value is -8.52. The third kappa shape index (κ3) is 6.16. The van der Waals surface area contributed by atoms with E-state index in [2.05, 4.69) is 197 Å². The van der Waals surface area contributed by atoms with Crippen LogP contribution in [0, 0.1) is 0 Å². The van der Waals surface area contributed by atoms with Gasteiger partial charge in [-0.25, -0.2) is 9.97 Å². The molecule has 9 aromatic carbocycles. The van der Waals surface area contributed by atoms with Crippen molar-refractivity contribution in [1.82, 2.24) is 29.1 Å². The van der Waals surface area contributed by atoms with Gasteiger partial charge >= 0.3 is 0 Å². The molecule has 0 aliphatic carbocycles. The van der Waals surface area contributed by atoms with Crippen molar-refractivity contribution in [3.63, 3.8) is 0 Å². The summed E-state index contributed by atoms with van der Waals surface area (Å²) in [7, 11) is 0. The Morgan fingerprint density at radius 2 is 0.969 bits per heavy atom. The van der Waals surface area contributed by atoms with Gasteiger partial charge in [-0.1, -0.05) is 158 Å². The van der Waals surface area contributed by atoms with E-state index in [-0.39, 0.29) is 0 Å². The van der Waals surface area contributed by atoms with E-state index in [1.54, 1.807) is 11.3 Å². The lowest BCUT2D eigenvalue weighted by molar-refractivity contribution is 0.954. The SMILES string of the molecule is c1ccc(-c2nc(-c3cccc4c3sc3ccc(-c5cccc(-c6nc7ccccc7n6-c6ccccc6)c5)cc34)nc(-n3c4ccccc4c4c(-c5ccccc5)cccc43)n2)cc1. The van der Waals surface area contributed by atoms with E-state index in [1.807, 2.05) is 30.3 Å². The molecule has 6 nitrogen and oxygen atoms in total. The molecule has 304 valence electrons. The lowest BCUT2D eigenvalue weighted by Gasteiger charge is -2.11. The third-order valence-electron chi connectivity index (χ3n) is 12.4. The zero-order valence-electron chi connectivity index (χ0n) is 34.9. The highest BCUT2D eigenvalue weighted by Gasteiger charge is 2.22. The minimum atomic E-state index is 0.575. The molecule has 13 aromatic rings. The van der Waals surface area contributed by atoms with Gasteiger partial charge in [0.15, 0.2) is 11.6 Å². The van der Waals surface area contributed by atoms with Gasteiger partial charge in [-0.3, -0.25) is 9.13 Å². The van der Waals surface area contributed by atoms with Crippen LogP contribution in [-0.4, -0.2) is 29.1 Å². The summed E-state index contributed by atoms with van der Waals surface area (Å²) >= 11 is 1.78. The first-order valence-electron chi connectivity index (χ1n) is 21.7. The summed E-state index contributed by atoms with van der Waals surface area (Å²) < 4.78 is 6.79. The Bertz CT molecular complexity index is 3940. The van der Waals surface area contributed by atoms with Crippen molar-refractivity contribution in [3.05, 3.63) is 218 Å². The van der Waals surface area contributed by atoms with E-state index in [0.29, 0.717) is 17.6 Å². The number of aromatic nitrogens is 6. The van der Waals surface area contributed by atoms with Gasteiger partial charge in [0, 0.05) is 53.3 Å². The van der Waals surface area contributed by atoms with Crippen molar-refractivity contribution in [3.8, 4) is 68.1 Å². The Labute approximate surface area is 378 Å². The van der Waals surface area contributed by atoms with Crippen LogP contribution >= 0.6 is 11.3 Å². The molecule has 0 spiro atoms. The van der Waals surface area contributed by atoms with Gasteiger partial charge in [0.1, 0.15) is 5.82 Å². The largest absolute Gasteiger partial charge is 0.292 e. The number of hydrogen-bond donors (Lipinski definition) is 0. The second-order valence-corrected chi connectivity index (χ2v) is 17.3. The maximum atomic E-state index is 5.38. The number of para-hydroxylation sites is 4. The molecular formula is C58H36N6S. The maximum Gasteiger partial charge on any atom is 0.238 e. The molecule has 0 aliphatic heterocycles. The Morgan fingerprint density at radius 1 is 0.354 bits per heavy atom. The average molecular weight is 849 g/mol. The summed E-state index contributed by atoms with van der Waals surface area (Å²) in [5.74, 6) is 2.74. The smallest absolute Gasteiger partial charge is 0.238 e. The Balaban J connectivity index is 0.966. The van der Waals surface area contributed by atoms with Crippen LogP contribution in [0.3, 0.4) is 0 Å². The van der Waals surface area contributed by atoms with Gasteiger partial charge in [-0.15, -0.1) is 11.3 Å². The second kappa shape index (κ2) is 15.1. The van der Waals surface area contributed by atoms with E-state index in [1.165, 1.54) is 32.0 Å². The van der Waals surface area contributed by atoms with Gasteiger partial charge in [0.05, 0.1) is 22.1 Å². The van der Waals surface area contributed by atoms with Crippen molar-refractivity contribution in [2.75, 3.05) is 0 Å². The lowest BCUT2D eigenvalue weighted by atomic mass is 9.99. The zero-order chi connectivity index (χ0) is 42.8. The van der Waals surface area contributed by atoms with E-state index in [0.717, 1.165) is 71.5 Å². The van der Waals surface area contributed by atoms with Crippen molar-refractivity contribution < 1.29 is 0 Å². The summed E-state index contributed by atoms with van der Waals surface area (Å²) in [4.78, 5) is 21.0. The van der Waals surface area contributed by atoms with Crippen LogP contribution in [0.5, 0.6) is 0 Å². The zero-order valence-corrected chi connectivity index (χ0v) is 35.7. The molecule has 0 amide bonds. The second-order valence-electron chi connectivity index (χ2n) is 16.2. The van der Waals surface area contributed by atoms with Gasteiger partial charge in [-0.2, -0.15) is 9.97 Å². The molecular weight excluding hydrogens is 813 g/mol. The quantitative estimate of drug-likeness (QED) is 0.160. The molecule has 13 rings (SSSR count). The molecule has 7 heteroatoms. The predicted octanol–water partition coefficient (Wildman–Crippen LogP) is 15.0. The molecule has 4 aromatic heterocycles. The molecule has 0 atom stereocenters. The summed E-state index contributed by atoms with van der Waals surface area (Å²) in [6, 6.07) is 76.7. The minimum absolute atomic E-state index is 0.575. The van der Waals surface area contributed by atoms with Crippen molar-refractivity contribution >= 4 is 64.3 Å². The molecule has 0 saturated carbocycles. The van der Waals surface area contributed by atoms with Crippen LogP contribution < -0.4 is 0 Å². The number of fused-ring (bicyclic) bond motifs is 7. The monoisotopic (exact) mass is 848 g/mol. The molecule has 4 heterocycles. The fourth-order valence-electron chi connectivity index (χ4n) is 9.44. The molecule has 0 bridgehead atoms. The lowest BCUT2D eigenvalue weighted by Crippen LogP contribution is -2.06. The van der Waals surface area contributed by atoms with E-state index in [9.17, 15) is 0 Å². The molecule has 0 N–H and O–H groups in total. The predicted molar refractivity (Wildman–Crippen MR) is 269 cm³/mol. The van der Waals surface area contributed by atoms with Gasteiger partial charge in [-0.05, 0) is 82.9 Å². The summed E-state index contributed by atoms with van der Waals surface area (Å²) in [5, 5.41) is 4.67. The van der Waals surface area contributed by atoms with E-state index >= 15 is 0 Å². The standard InChI is InChI=1S/C58H36N6S/c1-4-17-37(18-5-1)43-26-16-32-51-53(43)45-25-10-12-30-49(45)64(51)58-61-55(38-19-6-2-7-20-38)60-56(62-58)46-28-15-27-44-47-36-40(33-34-52(47)65-54(44)46)39-21-14-22-41(35-39)57-59-48-29-11-13-31-50(48)63(57)42-23-8-3-9-24-42/h1-36H. The van der Waals surface area contributed by atoms with Crippen LogP contribution in [0.2, 0.25) is 0 Å². The number of imidazole rings is 1. The fourth-order valence-corrected chi connectivity index (χ4v) is 10.6. The Morgan fingerprint density at radius 3 is 1.82 bits per heavy atom. The normalized spacial score (nSPS) is 11.7. The summed E-state index contributed by atoms with van der Waals surface area (Å²) in [6.07, 6.45) is 0.